The molecule has 4 heteroatoms. The molecule has 14 heavy (non-hydrogen) atoms. The third-order valence-electron chi connectivity index (χ3n) is 2.03. The van der Waals surface area contributed by atoms with Gasteiger partial charge >= 0.3 is 0 Å². The van der Waals surface area contributed by atoms with Crippen molar-refractivity contribution in [2.45, 2.75) is 19.9 Å². The van der Waals surface area contributed by atoms with Crippen molar-refractivity contribution >= 4 is 17.2 Å². The summed E-state index contributed by atoms with van der Waals surface area (Å²) in [6.45, 7) is 7.85. The minimum absolute atomic E-state index is 0.289. The van der Waals surface area contributed by atoms with Crippen LogP contribution in [0.3, 0.4) is 0 Å². The number of aromatic nitrogens is 1. The Kier molecular flexibility index (Phi) is 2.96. The Morgan fingerprint density at radius 2 is 2.14 bits per heavy atom. The number of anilines is 3. The Labute approximate surface area is 84.2 Å². The molecule has 0 unspecified atom stereocenters. The highest BCUT2D eigenvalue weighted by molar-refractivity contribution is 5.77. The van der Waals surface area contributed by atoms with Crippen molar-refractivity contribution in [3.8, 4) is 0 Å². The van der Waals surface area contributed by atoms with Crippen molar-refractivity contribution in [1.29, 1.82) is 0 Å². The molecule has 0 radical (unpaired) electrons. The lowest BCUT2D eigenvalue weighted by molar-refractivity contribution is 0.784. The summed E-state index contributed by atoms with van der Waals surface area (Å²) in [5, 5.41) is 0. The van der Waals surface area contributed by atoms with Crippen LogP contribution in [0.15, 0.2) is 25.0 Å². The van der Waals surface area contributed by atoms with Crippen LogP contribution >= 0.6 is 0 Å². The van der Waals surface area contributed by atoms with Crippen molar-refractivity contribution in [3.63, 3.8) is 0 Å². The Morgan fingerprint density at radius 1 is 1.50 bits per heavy atom. The lowest BCUT2D eigenvalue weighted by Gasteiger charge is -2.25. The van der Waals surface area contributed by atoms with E-state index >= 15 is 0 Å². The van der Waals surface area contributed by atoms with Crippen molar-refractivity contribution in [2.24, 2.45) is 0 Å². The predicted octanol–water partition coefficient (Wildman–Crippen LogP) is 1.60. The fourth-order valence-electron chi connectivity index (χ4n) is 1.29. The number of nitrogen functional groups attached to an aromatic ring is 2. The first-order chi connectivity index (χ1) is 6.57. The van der Waals surface area contributed by atoms with Crippen LogP contribution in [0.25, 0.3) is 0 Å². The lowest BCUT2D eigenvalue weighted by atomic mass is 10.2. The maximum Gasteiger partial charge on any atom is 0.148 e. The van der Waals surface area contributed by atoms with Gasteiger partial charge in [0.25, 0.3) is 0 Å². The van der Waals surface area contributed by atoms with Gasteiger partial charge in [-0.05, 0) is 26.1 Å². The molecule has 0 spiro atoms. The minimum Gasteiger partial charge on any atom is -0.394 e. The zero-order valence-electron chi connectivity index (χ0n) is 8.57. The number of nitrogens with zero attached hydrogens (tertiary/aromatic N) is 2. The summed E-state index contributed by atoms with van der Waals surface area (Å²) in [6, 6.07) is 2.12. The van der Waals surface area contributed by atoms with E-state index < -0.39 is 0 Å². The minimum atomic E-state index is 0.289. The molecule has 0 fully saturated rings. The van der Waals surface area contributed by atoms with Gasteiger partial charge in [-0.1, -0.05) is 6.58 Å². The SMILES string of the molecule is C=CN(c1ccnc(N)c1N)C(C)C. The van der Waals surface area contributed by atoms with Gasteiger partial charge in [-0.15, -0.1) is 0 Å². The quantitative estimate of drug-likeness (QED) is 0.763. The molecule has 0 aliphatic rings. The first-order valence-corrected chi connectivity index (χ1v) is 4.48. The summed E-state index contributed by atoms with van der Waals surface area (Å²) in [5.41, 5.74) is 12.8. The van der Waals surface area contributed by atoms with Crippen LogP contribution in [0, 0.1) is 0 Å². The summed E-state index contributed by atoms with van der Waals surface area (Å²) < 4.78 is 0. The molecule has 4 N–H and O–H groups in total. The van der Waals surface area contributed by atoms with Gasteiger partial charge in [0, 0.05) is 12.2 Å². The van der Waals surface area contributed by atoms with E-state index in [1.165, 1.54) is 0 Å². The van der Waals surface area contributed by atoms with E-state index in [4.69, 9.17) is 11.5 Å². The second kappa shape index (κ2) is 4.00. The summed E-state index contributed by atoms with van der Waals surface area (Å²) in [5.74, 6) is 0.356. The van der Waals surface area contributed by atoms with E-state index in [1.54, 1.807) is 12.4 Å². The average Bonchev–Trinajstić information content (AvgIpc) is 2.13. The van der Waals surface area contributed by atoms with E-state index in [0.717, 1.165) is 5.69 Å². The highest BCUT2D eigenvalue weighted by Gasteiger charge is 2.11. The van der Waals surface area contributed by atoms with Gasteiger partial charge < -0.3 is 16.4 Å². The van der Waals surface area contributed by atoms with Crippen molar-refractivity contribution in [3.05, 3.63) is 25.0 Å². The number of nitrogens with two attached hydrogens (primary N) is 2. The zero-order chi connectivity index (χ0) is 10.7. The van der Waals surface area contributed by atoms with Crippen molar-refractivity contribution < 1.29 is 0 Å². The molecular formula is C10H16N4. The molecule has 0 aliphatic heterocycles. The average molecular weight is 192 g/mol. The van der Waals surface area contributed by atoms with E-state index in [-0.39, 0.29) is 6.04 Å². The summed E-state index contributed by atoms with van der Waals surface area (Å²) in [7, 11) is 0. The maximum atomic E-state index is 5.82. The van der Waals surface area contributed by atoms with E-state index in [1.807, 2.05) is 11.0 Å². The molecule has 0 aromatic carbocycles. The second-order valence-electron chi connectivity index (χ2n) is 3.31. The van der Waals surface area contributed by atoms with Gasteiger partial charge in [0.15, 0.2) is 0 Å². The molecule has 0 bridgehead atoms. The molecule has 1 aromatic heterocycles. The Hall–Kier alpha value is -1.71. The molecule has 0 aliphatic carbocycles. The van der Waals surface area contributed by atoms with Crippen LogP contribution in [0.4, 0.5) is 17.2 Å². The van der Waals surface area contributed by atoms with Crippen LogP contribution in [-0.4, -0.2) is 11.0 Å². The van der Waals surface area contributed by atoms with Crippen molar-refractivity contribution in [1.82, 2.24) is 4.98 Å². The molecular weight excluding hydrogens is 176 g/mol. The lowest BCUT2D eigenvalue weighted by Crippen LogP contribution is -2.25. The van der Waals surface area contributed by atoms with Crippen LogP contribution in [0.2, 0.25) is 0 Å². The van der Waals surface area contributed by atoms with Gasteiger partial charge in [0.2, 0.25) is 0 Å². The third kappa shape index (κ3) is 1.79. The molecule has 1 aromatic rings. The summed E-state index contributed by atoms with van der Waals surface area (Å²) >= 11 is 0. The molecule has 0 saturated heterocycles. The first kappa shape index (κ1) is 10.4. The Morgan fingerprint density at radius 3 is 2.64 bits per heavy atom. The van der Waals surface area contributed by atoms with E-state index in [2.05, 4.69) is 25.4 Å². The predicted molar refractivity (Wildman–Crippen MR) is 60.9 cm³/mol. The van der Waals surface area contributed by atoms with Gasteiger partial charge in [-0.25, -0.2) is 4.98 Å². The Balaban J connectivity index is 3.16. The van der Waals surface area contributed by atoms with Crippen LogP contribution < -0.4 is 16.4 Å². The fourth-order valence-corrected chi connectivity index (χ4v) is 1.29. The highest BCUT2D eigenvalue weighted by Crippen LogP contribution is 2.27. The standard InChI is InChI=1S/C10H16N4/c1-4-14(7(2)3)8-5-6-13-10(12)9(8)11/h4-7H,1,11H2,2-3H3,(H2,12,13). The maximum absolute atomic E-state index is 5.82. The summed E-state index contributed by atoms with van der Waals surface area (Å²) in [6.07, 6.45) is 3.37. The van der Waals surface area contributed by atoms with Gasteiger partial charge in [0.1, 0.15) is 5.82 Å². The van der Waals surface area contributed by atoms with Gasteiger partial charge in [-0.2, -0.15) is 0 Å². The van der Waals surface area contributed by atoms with Crippen LogP contribution in [0.1, 0.15) is 13.8 Å². The Bertz CT molecular complexity index is 333. The van der Waals surface area contributed by atoms with Crippen molar-refractivity contribution in [2.75, 3.05) is 16.4 Å². The largest absolute Gasteiger partial charge is 0.394 e. The topological polar surface area (TPSA) is 68.2 Å². The number of pyridine rings is 1. The van der Waals surface area contributed by atoms with Crippen LogP contribution in [0.5, 0.6) is 0 Å². The molecule has 76 valence electrons. The first-order valence-electron chi connectivity index (χ1n) is 4.48. The fraction of sp³-hybridized carbons (Fsp3) is 0.300. The smallest absolute Gasteiger partial charge is 0.148 e. The van der Waals surface area contributed by atoms with E-state index in [9.17, 15) is 0 Å². The second-order valence-corrected chi connectivity index (χ2v) is 3.31. The molecule has 1 rings (SSSR count). The van der Waals surface area contributed by atoms with E-state index in [0.29, 0.717) is 11.5 Å². The van der Waals surface area contributed by atoms with Crippen LogP contribution in [-0.2, 0) is 0 Å². The highest BCUT2D eigenvalue weighted by atomic mass is 15.1. The van der Waals surface area contributed by atoms with Gasteiger partial charge in [0.05, 0.1) is 11.4 Å². The molecule has 0 saturated carbocycles. The molecule has 0 atom stereocenters. The molecule has 4 nitrogen and oxygen atoms in total. The number of hydrogen-bond acceptors (Lipinski definition) is 4. The molecule has 1 heterocycles. The monoisotopic (exact) mass is 192 g/mol. The third-order valence-corrected chi connectivity index (χ3v) is 2.03. The molecule has 0 amide bonds. The summed E-state index contributed by atoms with van der Waals surface area (Å²) in [4.78, 5) is 5.86. The number of rotatable bonds is 3. The van der Waals surface area contributed by atoms with Gasteiger partial charge in [-0.3, -0.25) is 0 Å². The number of hydrogen-bond donors (Lipinski definition) is 2. The normalized spacial score (nSPS) is 10.2. The zero-order valence-corrected chi connectivity index (χ0v) is 8.57.